The van der Waals surface area contributed by atoms with Crippen LogP contribution in [0.3, 0.4) is 0 Å². The first-order valence-corrected chi connectivity index (χ1v) is 11.9. The van der Waals surface area contributed by atoms with Crippen LogP contribution in [0.25, 0.3) is 0 Å². The minimum atomic E-state index is -4.46. The Morgan fingerprint density at radius 2 is 1.58 bits per heavy atom. The molecule has 2 aliphatic rings. The van der Waals surface area contributed by atoms with Gasteiger partial charge in [0, 0.05) is 37.2 Å². The number of halogens is 4. The molecule has 0 bridgehead atoms. The summed E-state index contributed by atoms with van der Waals surface area (Å²) in [6.07, 6.45) is 1.07. The van der Waals surface area contributed by atoms with E-state index in [1.54, 1.807) is 41.3 Å². The quantitative estimate of drug-likeness (QED) is 0.574. The number of benzene rings is 2. The molecule has 4 rings (SSSR count). The Morgan fingerprint density at radius 1 is 0.939 bits per heavy atom. The first-order valence-electron chi connectivity index (χ1n) is 11.5. The van der Waals surface area contributed by atoms with Crippen LogP contribution in [0.2, 0.25) is 5.02 Å². The molecule has 33 heavy (non-hydrogen) atoms. The summed E-state index contributed by atoms with van der Waals surface area (Å²) in [4.78, 5) is 16.5. The van der Waals surface area contributed by atoms with Gasteiger partial charge >= 0.3 is 12.2 Å². The average molecular weight is 480 g/mol. The highest BCUT2D eigenvalue weighted by molar-refractivity contribution is 6.30. The Bertz CT molecular complexity index is 937. The largest absolute Gasteiger partial charge is 0.416 e. The minimum Gasteiger partial charge on any atom is -0.335 e. The molecule has 1 unspecified atom stereocenters. The van der Waals surface area contributed by atoms with Gasteiger partial charge in [-0.25, -0.2) is 4.79 Å². The van der Waals surface area contributed by atoms with Crippen molar-refractivity contribution < 1.29 is 18.0 Å². The van der Waals surface area contributed by atoms with E-state index in [1.807, 2.05) is 4.90 Å². The number of amides is 2. The molecule has 1 aliphatic heterocycles. The van der Waals surface area contributed by atoms with Crippen LogP contribution in [0.4, 0.5) is 18.0 Å². The number of hydrogen-bond donors (Lipinski definition) is 1. The summed E-state index contributed by atoms with van der Waals surface area (Å²) < 4.78 is 41.5. The van der Waals surface area contributed by atoms with Crippen molar-refractivity contribution in [2.24, 2.45) is 0 Å². The van der Waals surface area contributed by atoms with Crippen molar-refractivity contribution in [2.75, 3.05) is 26.2 Å². The molecule has 1 atom stereocenters. The summed E-state index contributed by atoms with van der Waals surface area (Å²) in [7, 11) is 0. The third-order valence-corrected chi connectivity index (χ3v) is 6.90. The van der Waals surface area contributed by atoms with Gasteiger partial charge in [0.05, 0.1) is 11.6 Å². The van der Waals surface area contributed by atoms with Gasteiger partial charge in [0.15, 0.2) is 0 Å². The molecular weight excluding hydrogens is 451 g/mol. The first kappa shape index (κ1) is 23.9. The van der Waals surface area contributed by atoms with Gasteiger partial charge in [0.1, 0.15) is 0 Å². The third kappa shape index (κ3) is 5.82. The van der Waals surface area contributed by atoms with Crippen molar-refractivity contribution in [2.45, 2.75) is 50.4 Å². The number of alkyl halides is 3. The molecule has 4 nitrogen and oxygen atoms in total. The summed E-state index contributed by atoms with van der Waals surface area (Å²) in [6, 6.07) is 12.3. The predicted molar refractivity (Wildman–Crippen MR) is 123 cm³/mol. The van der Waals surface area contributed by atoms with Gasteiger partial charge in [-0.05, 0) is 42.2 Å². The van der Waals surface area contributed by atoms with Gasteiger partial charge in [-0.15, -0.1) is 0 Å². The number of nitrogens with one attached hydrogen (secondary N) is 1. The normalized spacial score (nSPS) is 19.3. The van der Waals surface area contributed by atoms with Crippen LogP contribution >= 0.6 is 11.6 Å². The Hall–Kier alpha value is -2.25. The smallest absolute Gasteiger partial charge is 0.335 e. The summed E-state index contributed by atoms with van der Waals surface area (Å²) >= 11 is 6.04. The van der Waals surface area contributed by atoms with E-state index < -0.39 is 17.8 Å². The van der Waals surface area contributed by atoms with E-state index in [4.69, 9.17) is 11.6 Å². The molecule has 2 fully saturated rings. The lowest BCUT2D eigenvalue weighted by Crippen LogP contribution is -2.54. The van der Waals surface area contributed by atoms with E-state index in [0.29, 0.717) is 31.2 Å². The van der Waals surface area contributed by atoms with Crippen molar-refractivity contribution in [3.63, 3.8) is 0 Å². The molecule has 1 N–H and O–H groups in total. The summed E-state index contributed by atoms with van der Waals surface area (Å²) in [6.45, 7) is 1.91. The van der Waals surface area contributed by atoms with Crippen LogP contribution in [0, 0.1) is 0 Å². The molecular formula is C25H29ClF3N3O. The molecule has 2 aromatic rings. The fraction of sp³-hybridized carbons (Fsp3) is 0.480. The Labute approximate surface area is 197 Å². The van der Waals surface area contributed by atoms with Crippen LogP contribution in [-0.4, -0.2) is 48.1 Å². The molecule has 1 saturated carbocycles. The monoisotopic (exact) mass is 479 g/mol. The highest BCUT2D eigenvalue weighted by Gasteiger charge is 2.38. The molecule has 1 aliphatic carbocycles. The maximum absolute atomic E-state index is 13.8. The van der Waals surface area contributed by atoms with E-state index in [-0.39, 0.29) is 17.6 Å². The predicted octanol–water partition coefficient (Wildman–Crippen LogP) is 6.11. The Balaban J connectivity index is 1.53. The second-order valence-electron chi connectivity index (χ2n) is 8.85. The van der Waals surface area contributed by atoms with Crippen LogP contribution in [0.5, 0.6) is 0 Å². The highest BCUT2D eigenvalue weighted by atomic mass is 35.5. The first-order chi connectivity index (χ1) is 15.8. The summed E-state index contributed by atoms with van der Waals surface area (Å²) in [5.74, 6) is 0. The van der Waals surface area contributed by atoms with E-state index in [2.05, 4.69) is 5.32 Å². The Kier molecular flexibility index (Phi) is 7.49. The lowest BCUT2D eigenvalue weighted by Gasteiger charge is -2.40. The number of urea groups is 1. The number of hydrogen-bond acceptors (Lipinski definition) is 2. The lowest BCUT2D eigenvalue weighted by atomic mass is 9.92. The maximum Gasteiger partial charge on any atom is 0.416 e. The SMILES string of the molecule is O=C(NC1CCCCC1)N1CCN(C(c2ccc(Cl)cc2)c2ccccc2C(F)(F)F)CC1. The van der Waals surface area contributed by atoms with Crippen molar-refractivity contribution in [3.05, 3.63) is 70.2 Å². The zero-order valence-corrected chi connectivity index (χ0v) is 19.2. The van der Waals surface area contributed by atoms with Crippen molar-refractivity contribution in [1.82, 2.24) is 15.1 Å². The maximum atomic E-state index is 13.8. The molecule has 178 valence electrons. The summed E-state index contributed by atoms with van der Waals surface area (Å²) in [5, 5.41) is 3.67. The average Bonchev–Trinajstić information content (AvgIpc) is 2.81. The number of rotatable bonds is 4. The van der Waals surface area contributed by atoms with E-state index in [9.17, 15) is 18.0 Å². The number of carbonyl (C=O) groups excluding carboxylic acids is 1. The summed E-state index contributed by atoms with van der Waals surface area (Å²) in [5.41, 5.74) is 0.325. The van der Waals surface area contributed by atoms with Crippen LogP contribution in [-0.2, 0) is 6.18 Å². The zero-order valence-electron chi connectivity index (χ0n) is 18.5. The molecule has 0 aromatic heterocycles. The van der Waals surface area contributed by atoms with E-state index in [0.717, 1.165) is 37.3 Å². The van der Waals surface area contributed by atoms with Crippen molar-refractivity contribution in [3.8, 4) is 0 Å². The number of nitrogens with zero attached hydrogens (tertiary/aromatic N) is 2. The van der Waals surface area contributed by atoms with E-state index >= 15 is 0 Å². The fourth-order valence-electron chi connectivity index (χ4n) is 4.92. The minimum absolute atomic E-state index is 0.0692. The highest BCUT2D eigenvalue weighted by Crippen LogP contribution is 2.39. The molecule has 2 aromatic carbocycles. The van der Waals surface area contributed by atoms with Crippen LogP contribution in [0.1, 0.15) is 54.8 Å². The number of piperazine rings is 1. The molecule has 1 saturated heterocycles. The topological polar surface area (TPSA) is 35.6 Å². The molecule has 1 heterocycles. The molecule has 0 spiro atoms. The molecule has 0 radical (unpaired) electrons. The van der Waals surface area contributed by atoms with Crippen LogP contribution in [0.15, 0.2) is 48.5 Å². The van der Waals surface area contributed by atoms with Crippen molar-refractivity contribution >= 4 is 17.6 Å². The number of carbonyl (C=O) groups is 1. The third-order valence-electron chi connectivity index (χ3n) is 6.65. The van der Waals surface area contributed by atoms with Crippen LogP contribution < -0.4 is 5.32 Å². The van der Waals surface area contributed by atoms with Gasteiger partial charge in [-0.3, -0.25) is 4.90 Å². The van der Waals surface area contributed by atoms with Gasteiger partial charge in [-0.1, -0.05) is 61.2 Å². The fourth-order valence-corrected chi connectivity index (χ4v) is 5.05. The second-order valence-corrected chi connectivity index (χ2v) is 9.28. The zero-order chi connectivity index (χ0) is 23.4. The van der Waals surface area contributed by atoms with Gasteiger partial charge in [0.25, 0.3) is 0 Å². The lowest BCUT2D eigenvalue weighted by molar-refractivity contribution is -0.138. The van der Waals surface area contributed by atoms with Gasteiger partial charge in [-0.2, -0.15) is 13.2 Å². The molecule has 8 heteroatoms. The van der Waals surface area contributed by atoms with Gasteiger partial charge < -0.3 is 10.2 Å². The Morgan fingerprint density at radius 3 is 2.21 bits per heavy atom. The van der Waals surface area contributed by atoms with E-state index in [1.165, 1.54) is 12.5 Å². The van der Waals surface area contributed by atoms with Crippen molar-refractivity contribution in [1.29, 1.82) is 0 Å². The standard InChI is InChI=1S/C25H29ClF3N3O/c26-19-12-10-18(11-13-19)23(21-8-4-5-9-22(21)25(27,28)29)31-14-16-32(17-15-31)24(33)30-20-6-2-1-3-7-20/h4-5,8-13,20,23H,1-3,6-7,14-17H2,(H,30,33). The molecule has 2 amide bonds. The van der Waals surface area contributed by atoms with Gasteiger partial charge in [0.2, 0.25) is 0 Å². The second kappa shape index (κ2) is 10.3.